The van der Waals surface area contributed by atoms with Gasteiger partial charge in [-0.1, -0.05) is 85.9 Å². The first kappa shape index (κ1) is 66.2. The van der Waals surface area contributed by atoms with E-state index in [-0.39, 0.29) is 62.8 Å². The summed E-state index contributed by atoms with van der Waals surface area (Å²) in [6, 6.07) is 9.39. The maximum Gasteiger partial charge on any atom is 0.416 e. The van der Waals surface area contributed by atoms with Crippen LogP contribution >= 0.6 is 0 Å². The number of aliphatic hydroxyl groups excluding tert-OH is 2. The Kier molecular flexibility index (Phi) is 21.2. The predicted octanol–water partition coefficient (Wildman–Crippen LogP) is 11.9. The molecule has 0 radical (unpaired) electrons. The topological polar surface area (TPSA) is 247 Å². The number of aryl methyl sites for hydroxylation is 1. The fourth-order valence-corrected chi connectivity index (χ4v) is 10.4. The number of ether oxygens (including phenoxy) is 2. The minimum atomic E-state index is -4.74. The normalized spacial score (nSPS) is 16.3. The molecule has 88 heavy (non-hydrogen) atoms. The van der Waals surface area contributed by atoms with Gasteiger partial charge >= 0.3 is 24.5 Å². The number of hydrogen-bond donors (Lipinski definition) is 6. The number of imidazole rings is 2. The van der Waals surface area contributed by atoms with Gasteiger partial charge in [0.05, 0.1) is 84.8 Å². The Morgan fingerprint density at radius 3 is 1.49 bits per heavy atom. The van der Waals surface area contributed by atoms with Gasteiger partial charge in [0, 0.05) is 46.5 Å². The summed E-state index contributed by atoms with van der Waals surface area (Å²) in [6.45, 7) is 13.1. The number of nitrogens with one attached hydrogen (secondary N) is 4. The molecule has 20 nitrogen and oxygen atoms in total. The van der Waals surface area contributed by atoms with Crippen molar-refractivity contribution in [1.82, 2.24) is 49.3 Å². The van der Waals surface area contributed by atoms with E-state index in [4.69, 9.17) is 9.47 Å². The van der Waals surface area contributed by atoms with Gasteiger partial charge in [-0.05, 0) is 94.0 Å². The van der Waals surface area contributed by atoms with Crippen LogP contribution in [0.2, 0.25) is 0 Å². The summed E-state index contributed by atoms with van der Waals surface area (Å²) in [5.74, 6) is -0.777. The van der Waals surface area contributed by atoms with Crippen LogP contribution in [0.3, 0.4) is 0 Å². The number of nitrogens with zero attached hydrogens (tertiary/aromatic N) is 8. The van der Waals surface area contributed by atoms with Crippen molar-refractivity contribution in [2.45, 2.75) is 206 Å². The van der Waals surface area contributed by atoms with Crippen molar-refractivity contribution in [3.63, 3.8) is 0 Å². The molecule has 2 aromatic carbocycles. The number of halogens is 6. The van der Waals surface area contributed by atoms with E-state index in [1.54, 1.807) is 49.2 Å². The molecule has 0 unspecified atom stereocenters. The third-order valence-electron chi connectivity index (χ3n) is 16.3. The molecule has 0 spiro atoms. The molecule has 4 heterocycles. The Balaban J connectivity index is 0.926. The first-order chi connectivity index (χ1) is 41.5. The molecule has 8 rings (SSSR count). The monoisotopic (exact) mass is 1230 g/mol. The van der Waals surface area contributed by atoms with Gasteiger partial charge in [0.1, 0.15) is 23.8 Å². The smallest absolute Gasteiger partial charge is 0.416 e. The fourth-order valence-electron chi connectivity index (χ4n) is 10.4. The van der Waals surface area contributed by atoms with Crippen LogP contribution in [0.5, 0.6) is 0 Å². The van der Waals surface area contributed by atoms with Crippen LogP contribution < -0.4 is 21.3 Å². The van der Waals surface area contributed by atoms with E-state index in [1.807, 2.05) is 48.5 Å². The molecule has 4 amide bonds. The number of rotatable bonds is 26. The molecule has 0 bridgehead atoms. The van der Waals surface area contributed by atoms with E-state index in [1.165, 1.54) is 43.1 Å². The summed E-state index contributed by atoms with van der Waals surface area (Å²) < 4.78 is 102. The Hall–Kier alpha value is -7.74. The zero-order valence-corrected chi connectivity index (χ0v) is 50.6. The van der Waals surface area contributed by atoms with E-state index in [0.717, 1.165) is 63.1 Å². The molecular formula is C62H80F6N12O8. The van der Waals surface area contributed by atoms with Crippen molar-refractivity contribution in [1.29, 1.82) is 0 Å². The highest BCUT2D eigenvalue weighted by atomic mass is 19.4. The molecular weight excluding hydrogens is 1150 g/mol. The summed E-state index contributed by atoms with van der Waals surface area (Å²) in [4.78, 5) is 63.6. The number of alkyl halides is 6. The number of benzene rings is 2. The Labute approximate surface area is 507 Å². The molecule has 2 aliphatic carbocycles. The van der Waals surface area contributed by atoms with Gasteiger partial charge in [-0.15, -0.1) is 0 Å². The summed E-state index contributed by atoms with van der Waals surface area (Å²) in [5, 5.41) is 42.4. The highest BCUT2D eigenvalue weighted by Crippen LogP contribution is 2.38. The zero-order valence-electron chi connectivity index (χ0n) is 50.6. The van der Waals surface area contributed by atoms with Gasteiger partial charge in [0.2, 0.25) is 0 Å². The molecule has 478 valence electrons. The average molecular weight is 1240 g/mol. The Bertz CT molecular complexity index is 3300. The number of carbonyl (C=O) groups excluding carboxylic acids is 4. The van der Waals surface area contributed by atoms with Crippen molar-refractivity contribution in [2.24, 2.45) is 10.8 Å². The van der Waals surface area contributed by atoms with Crippen LogP contribution in [0.25, 0.3) is 22.5 Å². The van der Waals surface area contributed by atoms with Crippen LogP contribution in [0.15, 0.2) is 92.0 Å². The molecule has 6 aromatic rings. The van der Waals surface area contributed by atoms with Gasteiger partial charge in [-0.2, -0.15) is 36.5 Å². The van der Waals surface area contributed by atoms with Crippen molar-refractivity contribution in [2.75, 3.05) is 10.6 Å². The number of amides is 4. The highest BCUT2D eigenvalue weighted by molar-refractivity contribution is 5.95. The maximum absolute atomic E-state index is 14.7. The number of alkyl carbamates (subject to hydrolysis) is 2. The first-order valence-electron chi connectivity index (χ1n) is 30.0. The number of carbonyl (C=O) groups is 4. The highest BCUT2D eigenvalue weighted by Gasteiger charge is 2.38. The van der Waals surface area contributed by atoms with E-state index in [9.17, 15) is 55.7 Å². The molecule has 0 saturated heterocycles. The molecule has 6 N–H and O–H groups in total. The van der Waals surface area contributed by atoms with Crippen LogP contribution in [0.4, 0.5) is 47.6 Å². The number of unbranched alkanes of at least 4 members (excludes halogenated alkanes) is 2. The molecule has 0 aliphatic heterocycles. The fraction of sp³-hybridized carbons (Fsp3) is 0.548. The van der Waals surface area contributed by atoms with E-state index < -0.39 is 94.8 Å². The van der Waals surface area contributed by atoms with Crippen LogP contribution in [-0.4, -0.2) is 109 Å². The second kappa shape index (κ2) is 28.2. The molecule has 2 aliphatic rings. The molecule has 6 atom stereocenters. The van der Waals surface area contributed by atoms with Crippen LogP contribution in [0, 0.1) is 10.8 Å². The van der Waals surface area contributed by atoms with Crippen molar-refractivity contribution in [3.05, 3.63) is 109 Å². The van der Waals surface area contributed by atoms with Crippen LogP contribution in [0.1, 0.15) is 154 Å². The molecule has 2 saturated carbocycles. The quantitative estimate of drug-likeness (QED) is 0.0219. The first-order valence-corrected chi connectivity index (χ1v) is 30.0. The minimum Gasteiger partial charge on any atom is -0.444 e. The third-order valence-corrected chi connectivity index (χ3v) is 16.3. The summed E-state index contributed by atoms with van der Waals surface area (Å²) in [5.41, 5.74) is -1.60. The maximum atomic E-state index is 14.7. The average Bonchev–Trinajstić information content (AvgIpc) is 4.25. The van der Waals surface area contributed by atoms with Crippen molar-refractivity contribution in [3.8, 4) is 22.5 Å². The lowest BCUT2D eigenvalue weighted by molar-refractivity contribution is -0.138. The third kappa shape index (κ3) is 17.3. The van der Waals surface area contributed by atoms with E-state index in [0.29, 0.717) is 40.6 Å². The van der Waals surface area contributed by atoms with Gasteiger partial charge < -0.3 is 50.1 Å². The second-order valence-electron chi connectivity index (χ2n) is 25.1. The lowest BCUT2D eigenvalue weighted by Gasteiger charge is -2.32. The lowest BCUT2D eigenvalue weighted by atomic mass is 9.89. The summed E-state index contributed by atoms with van der Waals surface area (Å²) >= 11 is 0. The van der Waals surface area contributed by atoms with Crippen molar-refractivity contribution >= 4 is 35.6 Å². The second-order valence-corrected chi connectivity index (χ2v) is 25.1. The van der Waals surface area contributed by atoms with Gasteiger partial charge in [0.25, 0.3) is 11.8 Å². The predicted molar refractivity (Wildman–Crippen MR) is 315 cm³/mol. The van der Waals surface area contributed by atoms with Crippen LogP contribution in [-0.2, 0) is 50.9 Å². The van der Waals surface area contributed by atoms with E-state index in [2.05, 4.69) is 41.4 Å². The number of aromatic nitrogens is 8. The SMILES string of the molecule is CCCC[C@H](NC(=O)O[C@H](Cn1cnc(-c2ccc(C(F)(F)F)c(CCCC[C@H](NC(=O)O[C@H](Cn3cnc(-c4ccc(C(F)(F)F)cc4)c3)C(C)(C)C)[C@@H](O)C(=O)Nc3ccnn3C3CCC3)c2)c1)C(C)(C)C)[C@H](O)C(=O)Nc1ccnn1C1CCC1. The largest absolute Gasteiger partial charge is 0.444 e. The summed E-state index contributed by atoms with van der Waals surface area (Å²) in [7, 11) is 0. The Morgan fingerprint density at radius 1 is 0.614 bits per heavy atom. The standard InChI is InChI=1S/C62H80F6N12O8/c1-8-9-19-45(53(81)55(83)75-51-27-29-71-79(51)42-15-12-16-42)73-57(85)87-50(60(5,6)7)35-78-33-48(70-37-78)40-23-26-44(62(66,67)68)39(31-40)14-10-11-20-46(54(82)56(84)76-52-28-30-72-80(52)43-17-13-18-43)74-58(86)88-49(59(2,3)4)34-77-32-47(69-36-77)38-21-24-41(25-22-38)61(63,64)65/h21-33,36-37,42-43,45-46,49-50,53-54,81-82H,8-20,34-35H2,1-7H3,(H,73,85)(H,74,86)(H,75,83)(H,76,84)/t45-,46-,49+,50+,53-,54+/m0/s1. The number of hydrogen-bond acceptors (Lipinski definition) is 12. The zero-order chi connectivity index (χ0) is 63.7. The molecule has 2 fully saturated rings. The lowest BCUT2D eigenvalue weighted by Crippen LogP contribution is -2.50. The molecule has 4 aromatic heterocycles. The number of anilines is 2. The number of aliphatic hydroxyl groups is 2. The van der Waals surface area contributed by atoms with Crippen molar-refractivity contribution < 1.29 is 65.2 Å². The summed E-state index contributed by atoms with van der Waals surface area (Å²) in [6.07, 6.45) is 0.248. The minimum absolute atomic E-state index is 0.0509. The van der Waals surface area contributed by atoms with Gasteiger partial charge in [-0.25, -0.2) is 28.9 Å². The molecule has 26 heteroatoms. The van der Waals surface area contributed by atoms with Gasteiger partial charge in [0.15, 0.2) is 12.2 Å². The van der Waals surface area contributed by atoms with E-state index >= 15 is 0 Å². The Morgan fingerprint density at radius 2 is 1.07 bits per heavy atom. The van der Waals surface area contributed by atoms with Gasteiger partial charge in [-0.3, -0.25) is 9.59 Å².